The van der Waals surface area contributed by atoms with Gasteiger partial charge >= 0.3 is 0 Å². The molecule has 2 atom stereocenters. The fourth-order valence-electron chi connectivity index (χ4n) is 2.91. The lowest BCUT2D eigenvalue weighted by Crippen LogP contribution is -2.25. The smallest absolute Gasteiger partial charge is 0.00160 e. The number of hydrogen-bond donors (Lipinski definition) is 0. The van der Waals surface area contributed by atoms with Crippen molar-refractivity contribution in [2.45, 2.75) is 19.3 Å². The fourth-order valence-corrected chi connectivity index (χ4v) is 2.91. The minimum atomic E-state index is 0.967. The Morgan fingerprint density at radius 1 is 1.13 bits per heavy atom. The van der Waals surface area contributed by atoms with Gasteiger partial charge in [-0.05, 0) is 58.3 Å². The first-order valence-electron chi connectivity index (χ1n) is 6.28. The maximum Gasteiger partial charge on any atom is 0.00160 e. The van der Waals surface area contributed by atoms with E-state index in [0.29, 0.717) is 0 Å². The third-order valence-corrected chi connectivity index (χ3v) is 3.78. The number of hydrogen-bond acceptors (Lipinski definition) is 2. The van der Waals surface area contributed by atoms with Crippen LogP contribution in [0.5, 0.6) is 0 Å². The zero-order valence-electron chi connectivity index (χ0n) is 10.2. The molecule has 2 nitrogen and oxygen atoms in total. The Bertz CT molecular complexity index is 207. The summed E-state index contributed by atoms with van der Waals surface area (Å²) in [4.78, 5) is 4.95. The summed E-state index contributed by atoms with van der Waals surface area (Å²) in [5.74, 6) is 1.93. The van der Waals surface area contributed by atoms with E-state index in [9.17, 15) is 0 Å². The molecule has 2 aliphatic rings. The minimum absolute atomic E-state index is 0.967. The predicted octanol–water partition coefficient (Wildman–Crippen LogP) is 1.84. The van der Waals surface area contributed by atoms with E-state index in [1.165, 1.54) is 45.4 Å². The van der Waals surface area contributed by atoms with Crippen molar-refractivity contribution in [2.24, 2.45) is 11.8 Å². The minimum Gasteiger partial charge on any atom is -0.309 e. The van der Waals surface area contributed by atoms with Gasteiger partial charge in [0.15, 0.2) is 0 Å². The fraction of sp³-hybridized carbons (Fsp3) is 0.846. The molecule has 0 unspecified atom stereocenters. The maximum atomic E-state index is 2.67. The molecule has 2 rings (SSSR count). The van der Waals surface area contributed by atoms with Gasteiger partial charge in [0.05, 0.1) is 0 Å². The van der Waals surface area contributed by atoms with Crippen LogP contribution in [0, 0.1) is 11.8 Å². The second-order valence-electron chi connectivity index (χ2n) is 5.38. The van der Waals surface area contributed by atoms with E-state index in [2.05, 4.69) is 36.0 Å². The quantitative estimate of drug-likeness (QED) is 0.650. The van der Waals surface area contributed by atoms with Gasteiger partial charge in [0.2, 0.25) is 0 Å². The number of likely N-dealkylation sites (tertiary alicyclic amines) is 1. The summed E-state index contributed by atoms with van der Waals surface area (Å²) in [5.41, 5.74) is 0. The normalized spacial score (nSPS) is 31.1. The molecule has 0 aromatic heterocycles. The Balaban J connectivity index is 1.69. The monoisotopic (exact) mass is 208 g/mol. The van der Waals surface area contributed by atoms with Crippen LogP contribution in [0.15, 0.2) is 12.2 Å². The highest BCUT2D eigenvalue weighted by Crippen LogP contribution is 2.32. The van der Waals surface area contributed by atoms with E-state index in [4.69, 9.17) is 0 Å². The Morgan fingerprint density at radius 2 is 1.73 bits per heavy atom. The van der Waals surface area contributed by atoms with Gasteiger partial charge in [-0.2, -0.15) is 0 Å². The molecule has 0 aromatic rings. The summed E-state index contributed by atoms with van der Waals surface area (Å²) >= 11 is 0. The summed E-state index contributed by atoms with van der Waals surface area (Å²) in [5, 5.41) is 0. The van der Waals surface area contributed by atoms with E-state index >= 15 is 0 Å². The second-order valence-corrected chi connectivity index (χ2v) is 5.38. The lowest BCUT2D eigenvalue weighted by molar-refractivity contribution is 0.291. The Kier molecular flexibility index (Phi) is 3.81. The average Bonchev–Trinajstić information content (AvgIpc) is 2.59. The first-order valence-corrected chi connectivity index (χ1v) is 6.28. The summed E-state index contributed by atoms with van der Waals surface area (Å²) in [6, 6.07) is 0. The molecule has 0 radical (unpaired) electrons. The Hall–Kier alpha value is -0.340. The van der Waals surface area contributed by atoms with Crippen molar-refractivity contribution >= 4 is 0 Å². The van der Waals surface area contributed by atoms with Gasteiger partial charge in [0, 0.05) is 13.1 Å². The first-order chi connectivity index (χ1) is 7.25. The van der Waals surface area contributed by atoms with Crippen LogP contribution < -0.4 is 0 Å². The van der Waals surface area contributed by atoms with E-state index in [1.807, 2.05) is 0 Å². The van der Waals surface area contributed by atoms with Crippen LogP contribution in [-0.2, 0) is 0 Å². The van der Waals surface area contributed by atoms with Crippen LogP contribution >= 0.6 is 0 Å². The molecule has 0 amide bonds. The van der Waals surface area contributed by atoms with E-state index in [-0.39, 0.29) is 0 Å². The van der Waals surface area contributed by atoms with Crippen molar-refractivity contribution in [2.75, 3.05) is 40.3 Å². The summed E-state index contributed by atoms with van der Waals surface area (Å²) in [7, 11) is 4.32. The van der Waals surface area contributed by atoms with Gasteiger partial charge in [-0.15, -0.1) is 0 Å². The summed E-state index contributed by atoms with van der Waals surface area (Å²) in [6.07, 6.45) is 8.73. The van der Waals surface area contributed by atoms with Crippen molar-refractivity contribution in [3.05, 3.63) is 12.2 Å². The number of rotatable bonds is 4. The van der Waals surface area contributed by atoms with Crippen LogP contribution in [0.3, 0.4) is 0 Å². The van der Waals surface area contributed by atoms with Gasteiger partial charge in [-0.1, -0.05) is 12.2 Å². The molecular weight excluding hydrogens is 184 g/mol. The molecule has 0 N–H and O–H groups in total. The molecule has 15 heavy (non-hydrogen) atoms. The molecule has 1 fully saturated rings. The largest absolute Gasteiger partial charge is 0.309 e. The zero-order valence-corrected chi connectivity index (χ0v) is 10.2. The lowest BCUT2D eigenvalue weighted by atomic mass is 9.86. The highest BCUT2D eigenvalue weighted by Gasteiger charge is 2.31. The zero-order chi connectivity index (χ0) is 10.7. The topological polar surface area (TPSA) is 6.48 Å². The molecule has 0 saturated carbocycles. The molecule has 1 aliphatic heterocycles. The van der Waals surface area contributed by atoms with E-state index in [1.54, 1.807) is 0 Å². The molecule has 86 valence electrons. The first kappa shape index (κ1) is 11.2. The third-order valence-electron chi connectivity index (χ3n) is 3.78. The lowest BCUT2D eigenvalue weighted by Gasteiger charge is -2.18. The van der Waals surface area contributed by atoms with Crippen LogP contribution in [0.2, 0.25) is 0 Å². The maximum absolute atomic E-state index is 2.67. The van der Waals surface area contributed by atoms with Gasteiger partial charge in [0.1, 0.15) is 0 Å². The SMILES string of the molecule is CN(C)CCCN1C[C@@H]2CC=CC[C@H]2C1. The van der Waals surface area contributed by atoms with Gasteiger partial charge in [-0.3, -0.25) is 0 Å². The van der Waals surface area contributed by atoms with Crippen LogP contribution in [-0.4, -0.2) is 50.1 Å². The van der Waals surface area contributed by atoms with Gasteiger partial charge in [0.25, 0.3) is 0 Å². The number of allylic oxidation sites excluding steroid dienone is 2. The average molecular weight is 208 g/mol. The molecule has 1 aliphatic carbocycles. The van der Waals surface area contributed by atoms with Crippen LogP contribution in [0.25, 0.3) is 0 Å². The third kappa shape index (κ3) is 3.05. The van der Waals surface area contributed by atoms with Crippen molar-refractivity contribution < 1.29 is 0 Å². The van der Waals surface area contributed by atoms with Crippen LogP contribution in [0.4, 0.5) is 0 Å². The van der Waals surface area contributed by atoms with E-state index in [0.717, 1.165) is 11.8 Å². The molecule has 0 aromatic carbocycles. The molecule has 2 heteroatoms. The number of nitrogens with zero attached hydrogens (tertiary/aromatic N) is 2. The van der Waals surface area contributed by atoms with Crippen molar-refractivity contribution in [3.63, 3.8) is 0 Å². The van der Waals surface area contributed by atoms with Gasteiger partial charge < -0.3 is 9.80 Å². The second kappa shape index (κ2) is 5.13. The summed E-state index contributed by atoms with van der Waals surface area (Å²) in [6.45, 7) is 5.22. The highest BCUT2D eigenvalue weighted by molar-refractivity contribution is 4.99. The van der Waals surface area contributed by atoms with Gasteiger partial charge in [-0.25, -0.2) is 0 Å². The number of fused-ring (bicyclic) bond motifs is 1. The molecule has 0 spiro atoms. The van der Waals surface area contributed by atoms with E-state index < -0.39 is 0 Å². The molecule has 1 heterocycles. The Morgan fingerprint density at radius 3 is 2.27 bits per heavy atom. The molecule has 0 bridgehead atoms. The van der Waals surface area contributed by atoms with Crippen molar-refractivity contribution in [1.82, 2.24) is 9.80 Å². The predicted molar refractivity (Wildman–Crippen MR) is 65.0 cm³/mol. The van der Waals surface area contributed by atoms with Crippen molar-refractivity contribution in [3.8, 4) is 0 Å². The Labute approximate surface area is 93.9 Å². The molecule has 1 saturated heterocycles. The standard InChI is InChI=1S/C13H24N2/c1-14(2)8-5-9-15-10-12-6-3-4-7-13(12)11-15/h3-4,12-13H,5-11H2,1-2H3/t12-,13-/m0/s1. The summed E-state index contributed by atoms with van der Waals surface area (Å²) < 4.78 is 0. The highest BCUT2D eigenvalue weighted by atomic mass is 15.2. The van der Waals surface area contributed by atoms with Crippen molar-refractivity contribution in [1.29, 1.82) is 0 Å². The molecular formula is C13H24N2. The van der Waals surface area contributed by atoms with Crippen LogP contribution in [0.1, 0.15) is 19.3 Å².